The number of amides is 1. The van der Waals surface area contributed by atoms with Crippen molar-refractivity contribution in [3.63, 3.8) is 0 Å². The molecule has 1 aliphatic heterocycles. The highest BCUT2D eigenvalue weighted by molar-refractivity contribution is 7.89. The van der Waals surface area contributed by atoms with E-state index in [1.54, 1.807) is 29.2 Å². The lowest BCUT2D eigenvalue weighted by atomic mass is 10.2. The van der Waals surface area contributed by atoms with Crippen molar-refractivity contribution >= 4 is 33.2 Å². The van der Waals surface area contributed by atoms with Crippen molar-refractivity contribution in [3.05, 3.63) is 52.5 Å². The van der Waals surface area contributed by atoms with E-state index in [1.165, 1.54) is 6.07 Å². The Bertz CT molecular complexity index is 992. The predicted molar refractivity (Wildman–Crippen MR) is 110 cm³/mol. The maximum Gasteiger partial charge on any atom is 0.240 e. The standard InChI is InChI=1S/C20H23ClN2O4S/c1-3-20(24)23-10-8-15-12-17(6-7-19(15)23)28(25,26)22-9-11-27-16-5-4-14(2)18(21)13-16/h4-7,12-13,22H,3,8-11H2,1-2H3. The van der Waals surface area contributed by atoms with Gasteiger partial charge in [0.15, 0.2) is 0 Å². The molecular weight excluding hydrogens is 400 g/mol. The number of halogens is 1. The van der Waals surface area contributed by atoms with Crippen LogP contribution in [0.2, 0.25) is 5.02 Å². The summed E-state index contributed by atoms with van der Waals surface area (Å²) in [6, 6.07) is 10.2. The van der Waals surface area contributed by atoms with Crippen LogP contribution in [-0.4, -0.2) is 34.0 Å². The van der Waals surface area contributed by atoms with Crippen LogP contribution in [0, 0.1) is 6.92 Å². The predicted octanol–water partition coefficient (Wildman–Crippen LogP) is 3.30. The molecular formula is C20H23ClN2O4S. The fraction of sp³-hybridized carbons (Fsp3) is 0.350. The van der Waals surface area contributed by atoms with Crippen molar-refractivity contribution in [2.24, 2.45) is 0 Å². The third-order valence-corrected chi connectivity index (χ3v) is 6.53. The first kappa shape index (κ1) is 20.6. The zero-order valence-electron chi connectivity index (χ0n) is 15.9. The van der Waals surface area contributed by atoms with E-state index in [2.05, 4.69) is 4.72 Å². The Morgan fingerprint density at radius 2 is 2.04 bits per heavy atom. The van der Waals surface area contributed by atoms with Gasteiger partial charge in [-0.25, -0.2) is 13.1 Å². The summed E-state index contributed by atoms with van der Waals surface area (Å²) >= 11 is 6.05. The maximum atomic E-state index is 12.5. The molecule has 0 aliphatic carbocycles. The number of sulfonamides is 1. The molecule has 0 bridgehead atoms. The van der Waals surface area contributed by atoms with Crippen LogP contribution in [0.3, 0.4) is 0 Å². The number of rotatable bonds is 7. The second-order valence-corrected chi connectivity index (χ2v) is 8.77. The molecule has 28 heavy (non-hydrogen) atoms. The highest BCUT2D eigenvalue weighted by Gasteiger charge is 2.25. The lowest BCUT2D eigenvalue weighted by Gasteiger charge is -2.16. The Balaban J connectivity index is 1.60. The highest BCUT2D eigenvalue weighted by atomic mass is 35.5. The largest absolute Gasteiger partial charge is 0.492 e. The Hall–Kier alpha value is -2.09. The van der Waals surface area contributed by atoms with Crippen molar-refractivity contribution in [2.75, 3.05) is 24.6 Å². The minimum absolute atomic E-state index is 0.0424. The number of nitrogens with zero attached hydrogens (tertiary/aromatic N) is 1. The van der Waals surface area contributed by atoms with Gasteiger partial charge in [0.2, 0.25) is 15.9 Å². The number of ether oxygens (including phenoxy) is 1. The van der Waals surface area contributed by atoms with E-state index in [1.807, 2.05) is 19.9 Å². The molecule has 1 amide bonds. The smallest absolute Gasteiger partial charge is 0.240 e. The quantitative estimate of drug-likeness (QED) is 0.694. The maximum absolute atomic E-state index is 12.5. The Kier molecular flexibility index (Phi) is 6.27. The number of hydrogen-bond donors (Lipinski definition) is 1. The summed E-state index contributed by atoms with van der Waals surface area (Å²) in [4.78, 5) is 13.9. The number of aryl methyl sites for hydroxylation is 1. The summed E-state index contributed by atoms with van der Waals surface area (Å²) in [5.74, 6) is 0.633. The van der Waals surface area contributed by atoms with Gasteiger partial charge in [0.1, 0.15) is 12.4 Å². The Labute approximate surface area is 170 Å². The lowest BCUT2D eigenvalue weighted by molar-refractivity contribution is -0.118. The van der Waals surface area contributed by atoms with Crippen molar-refractivity contribution in [1.29, 1.82) is 0 Å². The molecule has 0 atom stereocenters. The van der Waals surface area contributed by atoms with E-state index < -0.39 is 10.0 Å². The molecule has 0 unspecified atom stereocenters. The first-order valence-electron chi connectivity index (χ1n) is 9.13. The molecule has 6 nitrogen and oxygen atoms in total. The zero-order valence-corrected chi connectivity index (χ0v) is 17.4. The molecule has 8 heteroatoms. The van der Waals surface area contributed by atoms with Gasteiger partial charge in [-0.05, 0) is 54.8 Å². The Morgan fingerprint density at radius 3 is 2.75 bits per heavy atom. The third kappa shape index (κ3) is 4.48. The fourth-order valence-corrected chi connectivity index (χ4v) is 4.32. The van der Waals surface area contributed by atoms with Crippen LogP contribution in [0.4, 0.5) is 5.69 Å². The SMILES string of the molecule is CCC(=O)N1CCc2cc(S(=O)(=O)NCCOc3ccc(C)c(Cl)c3)ccc21. The van der Waals surface area contributed by atoms with E-state index in [0.29, 0.717) is 30.2 Å². The molecule has 0 saturated carbocycles. The molecule has 150 valence electrons. The molecule has 1 heterocycles. The minimum atomic E-state index is -3.65. The van der Waals surface area contributed by atoms with Crippen molar-refractivity contribution in [2.45, 2.75) is 31.6 Å². The monoisotopic (exact) mass is 422 g/mol. The zero-order chi connectivity index (χ0) is 20.3. The number of anilines is 1. The average Bonchev–Trinajstić information content (AvgIpc) is 3.10. The molecule has 0 radical (unpaired) electrons. The number of benzene rings is 2. The normalized spacial score (nSPS) is 13.5. The Morgan fingerprint density at radius 1 is 1.25 bits per heavy atom. The summed E-state index contributed by atoms with van der Waals surface area (Å²) in [6.45, 7) is 4.61. The van der Waals surface area contributed by atoms with Crippen molar-refractivity contribution in [1.82, 2.24) is 4.72 Å². The summed E-state index contributed by atoms with van der Waals surface area (Å²) < 4.78 is 33.2. The molecule has 0 fully saturated rings. The second-order valence-electron chi connectivity index (χ2n) is 6.60. The van der Waals surface area contributed by atoms with E-state index >= 15 is 0 Å². The lowest BCUT2D eigenvalue weighted by Crippen LogP contribution is -2.29. The van der Waals surface area contributed by atoms with E-state index in [9.17, 15) is 13.2 Å². The van der Waals surface area contributed by atoms with Crippen LogP contribution in [0.5, 0.6) is 5.75 Å². The summed E-state index contributed by atoms with van der Waals surface area (Å²) in [6.07, 6.45) is 1.08. The van der Waals surface area contributed by atoms with Gasteiger partial charge in [0.25, 0.3) is 0 Å². The molecule has 3 rings (SSSR count). The minimum Gasteiger partial charge on any atom is -0.492 e. The molecule has 0 spiro atoms. The van der Waals surface area contributed by atoms with E-state index in [4.69, 9.17) is 16.3 Å². The number of nitrogens with one attached hydrogen (secondary N) is 1. The number of fused-ring (bicyclic) bond motifs is 1. The molecule has 2 aromatic carbocycles. The van der Waals surface area contributed by atoms with Crippen molar-refractivity contribution < 1.29 is 17.9 Å². The summed E-state index contributed by atoms with van der Waals surface area (Å²) in [5.41, 5.74) is 2.62. The van der Waals surface area contributed by atoms with Gasteiger partial charge in [0.05, 0.1) is 4.90 Å². The molecule has 1 N–H and O–H groups in total. The van der Waals surface area contributed by atoms with E-state index in [-0.39, 0.29) is 24.0 Å². The molecule has 0 aromatic heterocycles. The number of hydrogen-bond acceptors (Lipinski definition) is 4. The van der Waals surface area contributed by atoms with Gasteiger partial charge in [-0.1, -0.05) is 24.6 Å². The summed E-state index contributed by atoms with van der Waals surface area (Å²) in [5, 5.41) is 0.604. The average molecular weight is 423 g/mol. The fourth-order valence-electron chi connectivity index (χ4n) is 3.09. The molecule has 2 aromatic rings. The first-order chi connectivity index (χ1) is 13.3. The number of carbonyl (C=O) groups is 1. The van der Waals surface area contributed by atoms with Crippen LogP contribution in [0.1, 0.15) is 24.5 Å². The number of carbonyl (C=O) groups excluding carboxylic acids is 1. The summed E-state index contributed by atoms with van der Waals surface area (Å²) in [7, 11) is -3.65. The van der Waals surface area contributed by atoms with Crippen LogP contribution in [0.15, 0.2) is 41.3 Å². The third-order valence-electron chi connectivity index (χ3n) is 4.67. The van der Waals surface area contributed by atoms with Crippen molar-refractivity contribution in [3.8, 4) is 5.75 Å². The van der Waals surface area contributed by atoms with Gasteiger partial charge in [-0.3, -0.25) is 4.79 Å². The van der Waals surface area contributed by atoms with E-state index in [0.717, 1.165) is 16.8 Å². The van der Waals surface area contributed by atoms with Gasteiger partial charge in [0, 0.05) is 30.2 Å². The molecule has 1 aliphatic rings. The first-order valence-corrected chi connectivity index (χ1v) is 11.0. The molecule has 0 saturated heterocycles. The van der Waals surface area contributed by atoms with Crippen LogP contribution < -0.4 is 14.4 Å². The van der Waals surface area contributed by atoms with Crippen LogP contribution in [0.25, 0.3) is 0 Å². The van der Waals surface area contributed by atoms with Crippen LogP contribution in [-0.2, 0) is 21.2 Å². The van der Waals surface area contributed by atoms with Gasteiger partial charge < -0.3 is 9.64 Å². The van der Waals surface area contributed by atoms with Gasteiger partial charge in [-0.15, -0.1) is 0 Å². The van der Waals surface area contributed by atoms with Gasteiger partial charge in [-0.2, -0.15) is 0 Å². The van der Waals surface area contributed by atoms with Gasteiger partial charge >= 0.3 is 0 Å². The van der Waals surface area contributed by atoms with Crippen LogP contribution >= 0.6 is 11.6 Å². The topological polar surface area (TPSA) is 75.7 Å². The second kappa shape index (κ2) is 8.51. The highest BCUT2D eigenvalue weighted by Crippen LogP contribution is 2.30.